The van der Waals surface area contributed by atoms with Crippen LogP contribution < -0.4 is 18.9 Å². The van der Waals surface area contributed by atoms with Crippen molar-refractivity contribution in [2.24, 2.45) is 23.7 Å². The molecule has 0 N–H and O–H groups in total. The zero-order valence-electron chi connectivity index (χ0n) is 76.0. The molecule has 4 aromatic heterocycles. The average molecular weight is 2030 g/mol. The first kappa shape index (κ1) is 98.9. The summed E-state index contributed by atoms with van der Waals surface area (Å²) in [4.78, 5) is 80.5. The van der Waals surface area contributed by atoms with Crippen molar-refractivity contribution in [3.8, 4) is 23.0 Å². The largest absolute Gasteiger partial charge is 0.486 e. The summed E-state index contributed by atoms with van der Waals surface area (Å²) >= 11 is 0. The van der Waals surface area contributed by atoms with Crippen LogP contribution in [0.4, 0.5) is 61.5 Å². The molecule has 0 radical (unpaired) electrons. The summed E-state index contributed by atoms with van der Waals surface area (Å²) < 4.78 is 322. The second-order valence-corrected chi connectivity index (χ2v) is 47.7. The fourth-order valence-electron chi connectivity index (χ4n) is 18.8. The first-order valence-corrected chi connectivity index (χ1v) is 51.5. The van der Waals surface area contributed by atoms with Gasteiger partial charge in [0.15, 0.2) is 75.1 Å². The number of likely N-dealkylation sites (tertiary alicyclic amines) is 4. The molecule has 8 aromatic rings. The highest BCUT2D eigenvalue weighted by molar-refractivity contribution is 7.91. The topological polar surface area (TPSA) is 397 Å². The lowest BCUT2D eigenvalue weighted by Gasteiger charge is -2.25. The number of rotatable bonds is 24. The number of amides is 4. The second-order valence-electron chi connectivity index (χ2n) is 39.7. The molecule has 31 nitrogen and oxygen atoms in total. The number of hydrogen-bond acceptors (Lipinski definition) is 27. The Labute approximate surface area is 781 Å². The van der Waals surface area contributed by atoms with Crippen LogP contribution in [0, 0.1) is 23.7 Å². The van der Waals surface area contributed by atoms with Gasteiger partial charge in [-0.1, -0.05) is 15.5 Å². The highest BCUT2D eigenvalue weighted by Crippen LogP contribution is 2.65. The van der Waals surface area contributed by atoms with Gasteiger partial charge in [0, 0.05) is 134 Å². The van der Waals surface area contributed by atoms with E-state index in [2.05, 4.69) is 39.9 Å². The Morgan fingerprint density at radius 2 is 0.819 bits per heavy atom. The lowest BCUT2D eigenvalue weighted by molar-refractivity contribution is -0.166. The molecule has 7 aliphatic carbocycles. The fraction of sp³-hybridized carbons (Fsp3) is 0.573. The standard InChI is InChI=1S/C24H27F2N3O4S.C23H24F5N3O5S.C22H23F4N3O5S.C20H20F3N3O5S/c1-14(23(2,25)26)33-20-7-6-17(34(3,31)32)10-18(20)21(30)29-12-16-11-24(16,13-29)22-27-9-8-19(28-22)15-4-5-15;1-12(20(2,24)25)35-16-5-4-14(37(3,33)34)8-15(16)17(32)31-10-13-9-21(13,11-31)18-29-19(36-30-18)22(6-7-22)23(26,27)28;1-11(20(2,23)24)33-16-5-4-13(35(3,31)32)6-14(16)18(30)29-9-12-7-21(12,10-29)19-27-17(34-28-19)15-8-22(15,25)26;1-18(2)6-10-4-12(32(3,28)29)5-13(14(10)30-18)15(27)26-8-11-7-19(11,9-26)16-24-17(31-25-16)20(21,22)23/h6-10,14-16H,4-5,11-13H2,1-3H3;4-5,8,12-13H,6-7,9-11H2,1-3H3;4-6,11-12,15H,7-10H2,1-3H3;4-5,11H,6-9H2,1-3H3. The van der Waals surface area contributed by atoms with Crippen LogP contribution in [0.25, 0.3) is 0 Å². The van der Waals surface area contributed by atoms with Crippen LogP contribution in [0.5, 0.6) is 23.0 Å². The van der Waals surface area contributed by atoms with E-state index < -0.39 is 162 Å². The van der Waals surface area contributed by atoms with Gasteiger partial charge >= 0.3 is 18.2 Å². The Hall–Kier alpha value is -10.7. The van der Waals surface area contributed by atoms with Crippen molar-refractivity contribution in [1.82, 2.24) is 60.0 Å². The number of carbonyl (C=O) groups is 4. The van der Waals surface area contributed by atoms with E-state index in [1.165, 1.54) is 70.2 Å². The lowest BCUT2D eigenvalue weighted by Crippen LogP contribution is -2.35. The second kappa shape index (κ2) is 32.9. The smallest absolute Gasteiger partial charge is 0.471 e. The Balaban J connectivity index is 0.000000127. The van der Waals surface area contributed by atoms with Gasteiger partial charge in [0.05, 0.1) is 63.5 Å². The maximum atomic E-state index is 13.8. The minimum absolute atomic E-state index is 0.0213. The number of benzene rings is 4. The number of ether oxygens (including phenoxy) is 4. The monoisotopic (exact) mass is 2030 g/mol. The van der Waals surface area contributed by atoms with Gasteiger partial charge in [-0.05, 0) is 182 Å². The molecule has 12 atom stereocenters. The number of sulfone groups is 4. The maximum absolute atomic E-state index is 13.8. The van der Waals surface area contributed by atoms with E-state index >= 15 is 0 Å². The zero-order chi connectivity index (χ0) is 100. The van der Waals surface area contributed by atoms with Crippen LogP contribution in [-0.2, 0) is 79.0 Å². The number of fused-ring (bicyclic) bond motifs is 5. The molecule has 4 amide bonds. The minimum atomic E-state index is -4.74. The average Bonchev–Trinajstić information content (AvgIpc) is 1.53. The van der Waals surface area contributed by atoms with Gasteiger partial charge in [-0.25, -0.2) is 78.8 Å². The SMILES string of the molecule is CC(Oc1ccc(S(C)(=O)=O)cc1C(=O)N1CC2CC2(c2nccc(C3CC3)n2)C1)C(C)(F)F.CC(Oc1ccc(S(C)(=O)=O)cc1C(=O)N1CC2CC2(c2noc(C3(C(F)(F)F)CC3)n2)C1)C(C)(F)F.CC(Oc1ccc(S(C)(=O)=O)cc1C(=O)N1CC2CC2(c2noc(C3CC3(F)F)n2)C1)C(C)(F)F.CC1(C)Cc2cc(S(C)(=O)=O)cc(C(=O)N3CC4CC4(c4noc(C(F)(F)F)n4)C3)c2O1. The number of aromatic nitrogens is 8. The van der Waals surface area contributed by atoms with Crippen LogP contribution in [0.15, 0.2) is 112 Å². The van der Waals surface area contributed by atoms with E-state index in [1.807, 2.05) is 19.9 Å². The first-order valence-electron chi connectivity index (χ1n) is 43.9. The summed E-state index contributed by atoms with van der Waals surface area (Å²) in [6, 6.07) is 15.5. The third kappa shape index (κ3) is 19.0. The van der Waals surface area contributed by atoms with Crippen molar-refractivity contribution >= 4 is 63.0 Å². The maximum Gasteiger partial charge on any atom is 0.471 e. The summed E-state index contributed by atoms with van der Waals surface area (Å²) in [6.07, 6.45) is -3.42. The van der Waals surface area contributed by atoms with E-state index in [9.17, 15) is 114 Å². The molecule has 12 unspecified atom stereocenters. The first-order chi connectivity index (χ1) is 63.7. The summed E-state index contributed by atoms with van der Waals surface area (Å²) in [5.41, 5.74) is -3.82. The summed E-state index contributed by atoms with van der Waals surface area (Å²) in [5.74, 6) is -16.3. The molecule has 4 aromatic carbocycles. The Morgan fingerprint density at radius 1 is 0.457 bits per heavy atom. The van der Waals surface area contributed by atoms with Gasteiger partial charge in [0.25, 0.3) is 47.3 Å². The van der Waals surface area contributed by atoms with Crippen LogP contribution in [-0.4, -0.2) is 248 Å². The molecular weight excluding hydrogens is 1940 g/mol. The molecule has 20 rings (SSSR count). The number of nitrogens with zero attached hydrogens (tertiary/aromatic N) is 12. The predicted molar refractivity (Wildman–Crippen MR) is 453 cm³/mol. The number of carbonyl (C=O) groups excluding carboxylic acids is 4. The highest BCUT2D eigenvalue weighted by atomic mass is 32.2. The summed E-state index contributed by atoms with van der Waals surface area (Å²) in [5, 5.41) is 11.2. The molecule has 9 heterocycles. The molecule has 5 aliphatic heterocycles. The van der Waals surface area contributed by atoms with E-state index in [1.54, 1.807) is 11.1 Å². The predicted octanol–water partition coefficient (Wildman–Crippen LogP) is 13.5. The molecule has 138 heavy (non-hydrogen) atoms. The molecule has 7 saturated carbocycles. The number of halogens is 14. The third-order valence-corrected chi connectivity index (χ3v) is 32.6. The number of alkyl halides is 14. The van der Waals surface area contributed by atoms with E-state index in [-0.39, 0.29) is 164 Å². The van der Waals surface area contributed by atoms with Crippen molar-refractivity contribution in [1.29, 1.82) is 0 Å². The van der Waals surface area contributed by atoms with Crippen LogP contribution in [0.2, 0.25) is 0 Å². The molecule has 0 bridgehead atoms. The highest BCUT2D eigenvalue weighted by Gasteiger charge is 2.72. The van der Waals surface area contributed by atoms with Gasteiger partial charge < -0.3 is 52.1 Å². The third-order valence-electron chi connectivity index (χ3n) is 28.2. The Bertz CT molecular complexity index is 6780. The van der Waals surface area contributed by atoms with Crippen LogP contribution in [0.1, 0.15) is 219 Å². The molecule has 4 saturated heterocycles. The summed E-state index contributed by atoms with van der Waals surface area (Å²) in [6.45, 7) is 11.2. The van der Waals surface area contributed by atoms with Gasteiger partial charge in [-0.3, -0.25) is 19.2 Å². The van der Waals surface area contributed by atoms with Gasteiger partial charge in [0.2, 0.25) is 11.8 Å². The van der Waals surface area contributed by atoms with Crippen molar-refractivity contribution in [2.45, 2.75) is 238 Å². The van der Waals surface area contributed by atoms with E-state index in [4.69, 9.17) is 33.0 Å². The Morgan fingerprint density at radius 3 is 1.17 bits per heavy atom. The van der Waals surface area contributed by atoms with Crippen LogP contribution >= 0.6 is 0 Å². The normalized spacial score (nSPS) is 26.1. The number of piperidine rings is 4. The van der Waals surface area contributed by atoms with Gasteiger partial charge in [-0.15, -0.1) is 0 Å². The van der Waals surface area contributed by atoms with Crippen molar-refractivity contribution in [3.05, 3.63) is 153 Å². The van der Waals surface area contributed by atoms with Gasteiger partial charge in [-0.2, -0.15) is 41.3 Å². The minimum Gasteiger partial charge on any atom is -0.486 e. The Kier molecular flexibility index (Phi) is 23.6. The fourth-order valence-corrected chi connectivity index (χ4v) is 21.4. The van der Waals surface area contributed by atoms with E-state index in [0.717, 1.165) is 94.8 Å². The quantitative estimate of drug-likeness (QED) is 0.0507. The van der Waals surface area contributed by atoms with Gasteiger partial charge in [0.1, 0.15) is 45.8 Å². The van der Waals surface area contributed by atoms with Crippen molar-refractivity contribution in [3.63, 3.8) is 0 Å². The van der Waals surface area contributed by atoms with E-state index in [0.29, 0.717) is 76.4 Å². The lowest BCUT2D eigenvalue weighted by atomic mass is 10.00. The molecule has 746 valence electrons. The summed E-state index contributed by atoms with van der Waals surface area (Å²) in [7, 11) is -14.6. The molecule has 0 spiro atoms. The zero-order valence-corrected chi connectivity index (χ0v) is 79.2. The van der Waals surface area contributed by atoms with Crippen LogP contribution in [0.3, 0.4) is 0 Å². The number of hydrogen-bond donors (Lipinski definition) is 0. The van der Waals surface area contributed by atoms with Crippen molar-refractivity contribution < 1.29 is 147 Å². The molecular formula is C89H94F14N12O19S4. The van der Waals surface area contributed by atoms with Crippen molar-refractivity contribution in [2.75, 3.05) is 77.4 Å². The molecule has 49 heteroatoms. The molecule has 12 aliphatic rings. The molecule has 11 fully saturated rings.